The van der Waals surface area contributed by atoms with Crippen molar-refractivity contribution in [2.75, 3.05) is 7.11 Å². The zero-order valence-electron chi connectivity index (χ0n) is 10.7. The van der Waals surface area contributed by atoms with Gasteiger partial charge in [0.1, 0.15) is 23.2 Å². The third-order valence-electron chi connectivity index (χ3n) is 2.96. The van der Waals surface area contributed by atoms with Crippen molar-refractivity contribution >= 4 is 0 Å². The summed E-state index contributed by atoms with van der Waals surface area (Å²) in [5, 5.41) is 0. The number of methoxy groups -OCH3 is 1. The van der Waals surface area contributed by atoms with Gasteiger partial charge in [0.25, 0.3) is 0 Å². The second-order valence-electron chi connectivity index (χ2n) is 4.12. The fourth-order valence-corrected chi connectivity index (χ4v) is 2.05. The maximum absolute atomic E-state index is 13.8. The van der Waals surface area contributed by atoms with E-state index in [1.54, 1.807) is 0 Å². The number of halogens is 3. The van der Waals surface area contributed by atoms with Crippen LogP contribution in [0.3, 0.4) is 0 Å². The van der Waals surface area contributed by atoms with Gasteiger partial charge in [-0.2, -0.15) is 0 Å². The Bertz CT molecular complexity index is 599. The lowest BCUT2D eigenvalue weighted by atomic mass is 9.97. The van der Waals surface area contributed by atoms with Gasteiger partial charge in [-0.3, -0.25) is 5.84 Å². The van der Waals surface area contributed by atoms with Crippen LogP contribution in [0.25, 0.3) is 0 Å². The molecule has 0 aliphatic rings. The molecule has 2 rings (SSSR count). The maximum atomic E-state index is 13.8. The van der Waals surface area contributed by atoms with Crippen LogP contribution in [0.5, 0.6) is 5.75 Å². The molecule has 0 saturated heterocycles. The van der Waals surface area contributed by atoms with Crippen molar-refractivity contribution in [1.29, 1.82) is 0 Å². The first-order valence-electron chi connectivity index (χ1n) is 5.82. The summed E-state index contributed by atoms with van der Waals surface area (Å²) < 4.78 is 46.1. The van der Waals surface area contributed by atoms with Crippen LogP contribution in [0.4, 0.5) is 13.2 Å². The van der Waals surface area contributed by atoms with Crippen LogP contribution in [0.15, 0.2) is 36.4 Å². The van der Waals surface area contributed by atoms with Crippen molar-refractivity contribution in [3.63, 3.8) is 0 Å². The lowest BCUT2D eigenvalue weighted by Crippen LogP contribution is -2.30. The largest absolute Gasteiger partial charge is 0.496 e. The van der Waals surface area contributed by atoms with E-state index >= 15 is 0 Å². The molecule has 3 N–H and O–H groups in total. The molecule has 106 valence electrons. The number of benzene rings is 2. The first-order chi connectivity index (χ1) is 9.58. The van der Waals surface area contributed by atoms with Crippen LogP contribution < -0.4 is 16.0 Å². The molecule has 0 fully saturated rings. The van der Waals surface area contributed by atoms with E-state index in [2.05, 4.69) is 5.43 Å². The molecule has 2 aromatic rings. The standard InChI is InChI=1S/C14H13F3N2O/c1-20-12-6-5-8(15)7-9(12)14(19-18)13-10(16)3-2-4-11(13)17/h2-7,14,19H,18H2,1H3. The molecule has 3 nitrogen and oxygen atoms in total. The van der Waals surface area contributed by atoms with Crippen LogP contribution in [0.1, 0.15) is 17.2 Å². The zero-order valence-corrected chi connectivity index (χ0v) is 10.7. The highest BCUT2D eigenvalue weighted by atomic mass is 19.1. The van der Waals surface area contributed by atoms with Crippen molar-refractivity contribution in [1.82, 2.24) is 5.43 Å². The maximum Gasteiger partial charge on any atom is 0.131 e. The Balaban J connectivity index is 2.61. The number of nitrogens with one attached hydrogen (secondary N) is 1. The number of hydrazine groups is 1. The molecule has 0 saturated carbocycles. The SMILES string of the molecule is COc1ccc(F)cc1C(NN)c1c(F)cccc1F. The molecule has 6 heteroatoms. The molecule has 0 spiro atoms. The third-order valence-corrected chi connectivity index (χ3v) is 2.96. The summed E-state index contributed by atoms with van der Waals surface area (Å²) in [7, 11) is 1.38. The second-order valence-corrected chi connectivity index (χ2v) is 4.12. The molecule has 0 radical (unpaired) electrons. The third kappa shape index (κ3) is 2.61. The van der Waals surface area contributed by atoms with Crippen molar-refractivity contribution in [3.05, 3.63) is 65.0 Å². The fraction of sp³-hybridized carbons (Fsp3) is 0.143. The number of hydrogen-bond donors (Lipinski definition) is 2. The summed E-state index contributed by atoms with van der Waals surface area (Å²) in [4.78, 5) is 0. The predicted octanol–water partition coefficient (Wildman–Crippen LogP) is 2.67. The van der Waals surface area contributed by atoms with Crippen molar-refractivity contribution in [2.24, 2.45) is 5.84 Å². The fourth-order valence-electron chi connectivity index (χ4n) is 2.05. The average molecular weight is 282 g/mol. The summed E-state index contributed by atoms with van der Waals surface area (Å²) in [5.41, 5.74) is 2.21. The van der Waals surface area contributed by atoms with Gasteiger partial charge in [-0.1, -0.05) is 6.07 Å². The van der Waals surface area contributed by atoms with Crippen LogP contribution in [0.2, 0.25) is 0 Å². The molecule has 0 amide bonds. The minimum atomic E-state index is -1.07. The smallest absolute Gasteiger partial charge is 0.131 e. The molecule has 0 heterocycles. The summed E-state index contributed by atoms with van der Waals surface area (Å²) in [6, 6.07) is 6.06. The number of nitrogens with two attached hydrogens (primary N) is 1. The molecule has 0 aliphatic carbocycles. The summed E-state index contributed by atoms with van der Waals surface area (Å²) >= 11 is 0. The Labute approximate surface area is 114 Å². The molecule has 2 aromatic carbocycles. The van der Waals surface area contributed by atoms with E-state index in [0.29, 0.717) is 0 Å². The van der Waals surface area contributed by atoms with Crippen molar-refractivity contribution < 1.29 is 17.9 Å². The van der Waals surface area contributed by atoms with Gasteiger partial charge >= 0.3 is 0 Å². The van der Waals surface area contributed by atoms with Crippen LogP contribution >= 0.6 is 0 Å². The van der Waals surface area contributed by atoms with Gasteiger partial charge in [0.2, 0.25) is 0 Å². The van der Waals surface area contributed by atoms with Crippen LogP contribution in [0, 0.1) is 17.5 Å². The van der Waals surface area contributed by atoms with Gasteiger partial charge in [0, 0.05) is 11.1 Å². The Kier molecular flexibility index (Phi) is 4.26. The summed E-state index contributed by atoms with van der Waals surface area (Å²) in [6.07, 6.45) is 0. The van der Waals surface area contributed by atoms with Crippen LogP contribution in [-0.4, -0.2) is 7.11 Å². The Morgan fingerprint density at radius 2 is 1.75 bits per heavy atom. The number of rotatable bonds is 4. The van der Waals surface area contributed by atoms with Crippen molar-refractivity contribution in [2.45, 2.75) is 6.04 Å². The average Bonchev–Trinajstić information content (AvgIpc) is 2.43. The molecule has 0 aromatic heterocycles. The molecule has 1 unspecified atom stereocenters. The number of ether oxygens (including phenoxy) is 1. The first-order valence-corrected chi connectivity index (χ1v) is 5.82. The van der Waals surface area contributed by atoms with E-state index in [1.165, 1.54) is 25.3 Å². The molecule has 20 heavy (non-hydrogen) atoms. The van der Waals surface area contributed by atoms with Gasteiger partial charge in [-0.15, -0.1) is 0 Å². The summed E-state index contributed by atoms with van der Waals surface area (Å²) in [5.74, 6) is 3.55. The van der Waals surface area contributed by atoms with E-state index in [0.717, 1.165) is 18.2 Å². The van der Waals surface area contributed by atoms with E-state index in [9.17, 15) is 13.2 Å². The Morgan fingerprint density at radius 1 is 1.10 bits per heavy atom. The van der Waals surface area contributed by atoms with Gasteiger partial charge in [0.05, 0.1) is 13.2 Å². The summed E-state index contributed by atoms with van der Waals surface area (Å²) in [6.45, 7) is 0. The first kappa shape index (κ1) is 14.4. The minimum Gasteiger partial charge on any atom is -0.496 e. The Hall–Kier alpha value is -2.05. The van der Waals surface area contributed by atoms with Crippen molar-refractivity contribution in [3.8, 4) is 5.75 Å². The quantitative estimate of drug-likeness (QED) is 0.669. The van der Waals surface area contributed by atoms with E-state index < -0.39 is 23.5 Å². The molecule has 0 aliphatic heterocycles. The van der Waals surface area contributed by atoms with E-state index in [-0.39, 0.29) is 16.9 Å². The normalized spacial score (nSPS) is 12.2. The van der Waals surface area contributed by atoms with Gasteiger partial charge < -0.3 is 4.74 Å². The Morgan fingerprint density at radius 3 is 2.30 bits per heavy atom. The monoisotopic (exact) mass is 282 g/mol. The van der Waals surface area contributed by atoms with E-state index in [4.69, 9.17) is 10.6 Å². The zero-order chi connectivity index (χ0) is 14.7. The van der Waals surface area contributed by atoms with Gasteiger partial charge in [-0.05, 0) is 30.3 Å². The lowest BCUT2D eigenvalue weighted by molar-refractivity contribution is 0.400. The highest BCUT2D eigenvalue weighted by molar-refractivity contribution is 5.42. The molecular weight excluding hydrogens is 269 g/mol. The molecule has 1 atom stereocenters. The van der Waals surface area contributed by atoms with E-state index in [1.807, 2.05) is 0 Å². The van der Waals surface area contributed by atoms with Gasteiger partial charge in [-0.25, -0.2) is 18.6 Å². The minimum absolute atomic E-state index is 0.207. The lowest BCUT2D eigenvalue weighted by Gasteiger charge is -2.20. The van der Waals surface area contributed by atoms with Crippen LogP contribution in [-0.2, 0) is 0 Å². The highest BCUT2D eigenvalue weighted by Crippen LogP contribution is 2.32. The second kappa shape index (κ2) is 5.94. The van der Waals surface area contributed by atoms with Gasteiger partial charge in [0.15, 0.2) is 0 Å². The molecular formula is C14H13F3N2O. The highest BCUT2D eigenvalue weighted by Gasteiger charge is 2.24. The number of hydrogen-bond acceptors (Lipinski definition) is 3. The molecule has 0 bridgehead atoms. The topological polar surface area (TPSA) is 47.3 Å². The predicted molar refractivity (Wildman–Crippen MR) is 68.5 cm³/mol.